The average Bonchev–Trinajstić information content (AvgIpc) is 3.16. The summed E-state index contributed by atoms with van der Waals surface area (Å²) in [5.74, 6) is 0.765. The molecule has 1 amide bonds. The molecule has 0 spiro atoms. The second-order valence-electron chi connectivity index (χ2n) is 11.8. The number of carboxylic acids is 1. The third-order valence-corrected chi connectivity index (χ3v) is 10.6. The zero-order valence-corrected chi connectivity index (χ0v) is 22.7. The summed E-state index contributed by atoms with van der Waals surface area (Å²) in [5, 5.41) is 11.8. The van der Waals surface area contributed by atoms with Crippen molar-refractivity contribution in [3.63, 3.8) is 0 Å². The molecule has 0 aromatic rings. The fraction of sp³-hybridized carbons (Fsp3) is 0.786. The summed E-state index contributed by atoms with van der Waals surface area (Å²) in [6.45, 7) is 4.66. The van der Waals surface area contributed by atoms with E-state index in [2.05, 4.69) is 19.2 Å². The molecule has 36 heavy (non-hydrogen) atoms. The van der Waals surface area contributed by atoms with E-state index in [0.717, 1.165) is 44.9 Å². The Morgan fingerprint density at radius 2 is 1.89 bits per heavy atom. The molecule has 7 nitrogen and oxygen atoms in total. The van der Waals surface area contributed by atoms with Gasteiger partial charge in [-0.3, -0.25) is 14.4 Å². The Bertz CT molecular complexity index is 933. The highest BCUT2D eigenvalue weighted by molar-refractivity contribution is 7.98. The van der Waals surface area contributed by atoms with Gasteiger partial charge in [0.2, 0.25) is 5.91 Å². The first-order valence-corrected chi connectivity index (χ1v) is 14.9. The second-order valence-corrected chi connectivity index (χ2v) is 12.8. The number of fused-ring (bicyclic) bond motifs is 5. The number of carbonyl (C=O) groups excluding carboxylic acids is 3. The molecule has 0 saturated heterocycles. The van der Waals surface area contributed by atoms with E-state index in [1.165, 1.54) is 17.3 Å². The maximum atomic E-state index is 12.7. The van der Waals surface area contributed by atoms with Crippen LogP contribution >= 0.6 is 11.8 Å². The number of hydrogen-bond acceptors (Lipinski definition) is 6. The van der Waals surface area contributed by atoms with Crippen LogP contribution in [0.3, 0.4) is 0 Å². The summed E-state index contributed by atoms with van der Waals surface area (Å²) in [4.78, 5) is 48.4. The predicted molar refractivity (Wildman–Crippen MR) is 138 cm³/mol. The van der Waals surface area contributed by atoms with Crippen LogP contribution in [0.25, 0.3) is 0 Å². The van der Waals surface area contributed by atoms with Crippen LogP contribution in [0.5, 0.6) is 0 Å². The third-order valence-electron chi connectivity index (χ3n) is 9.95. The fourth-order valence-electron chi connectivity index (χ4n) is 7.90. The van der Waals surface area contributed by atoms with Gasteiger partial charge < -0.3 is 15.2 Å². The minimum absolute atomic E-state index is 0.0374. The largest absolute Gasteiger partial charge is 0.480 e. The molecule has 200 valence electrons. The van der Waals surface area contributed by atoms with Crippen molar-refractivity contribution in [3.05, 3.63) is 11.6 Å². The highest BCUT2D eigenvalue weighted by Gasteiger charge is 2.59. The van der Waals surface area contributed by atoms with Gasteiger partial charge in [0.15, 0.2) is 5.78 Å². The molecular formula is C28H41NO6S. The number of rotatable bonds is 9. The number of allylic oxidation sites excluding steroid dienone is 1. The van der Waals surface area contributed by atoms with Gasteiger partial charge >= 0.3 is 11.9 Å². The lowest BCUT2D eigenvalue weighted by Crippen LogP contribution is -2.51. The standard InChI is InChI=1S/C28H41NO6S/c1-27-13-10-18(30)16-17(27)4-5-19-20-6-7-23(28(20,2)14-11-21(19)27)35-25(32)9-8-24(31)29-22(26(33)34)12-15-36-3/h16,19-23H,4-15H2,1-3H3,(H,29,31)(H,33,34)/t19-,20-,21-,22+,23+,27-,28-/m0/s1. The number of aliphatic carboxylic acids is 1. The molecule has 3 fully saturated rings. The molecule has 3 saturated carbocycles. The zero-order valence-electron chi connectivity index (χ0n) is 21.8. The minimum Gasteiger partial charge on any atom is -0.480 e. The summed E-state index contributed by atoms with van der Waals surface area (Å²) < 4.78 is 5.98. The summed E-state index contributed by atoms with van der Waals surface area (Å²) in [6.07, 6.45) is 11.7. The van der Waals surface area contributed by atoms with Crippen molar-refractivity contribution in [2.45, 2.75) is 96.6 Å². The molecule has 0 aromatic heterocycles. The molecule has 2 N–H and O–H groups in total. The Hall–Kier alpha value is -1.83. The van der Waals surface area contributed by atoms with Crippen molar-refractivity contribution < 1.29 is 29.0 Å². The number of carboxylic acid groups (broad SMARTS) is 1. The lowest BCUT2D eigenvalue weighted by atomic mass is 9.47. The lowest BCUT2D eigenvalue weighted by Gasteiger charge is -2.57. The number of esters is 1. The number of ether oxygens (including phenoxy) is 1. The van der Waals surface area contributed by atoms with Crippen LogP contribution in [-0.4, -0.2) is 52.9 Å². The van der Waals surface area contributed by atoms with E-state index in [-0.39, 0.29) is 41.5 Å². The average molecular weight is 520 g/mol. The molecule has 0 aromatic carbocycles. The van der Waals surface area contributed by atoms with E-state index in [0.29, 0.717) is 36.3 Å². The summed E-state index contributed by atoms with van der Waals surface area (Å²) >= 11 is 1.53. The van der Waals surface area contributed by atoms with Crippen LogP contribution < -0.4 is 5.32 Å². The summed E-state index contributed by atoms with van der Waals surface area (Å²) in [6, 6.07) is -0.930. The molecule has 0 radical (unpaired) electrons. The van der Waals surface area contributed by atoms with E-state index in [1.54, 1.807) is 0 Å². The molecule has 8 heteroatoms. The fourth-order valence-corrected chi connectivity index (χ4v) is 8.37. The van der Waals surface area contributed by atoms with Gasteiger partial charge in [-0.1, -0.05) is 19.4 Å². The third kappa shape index (κ3) is 5.25. The van der Waals surface area contributed by atoms with Crippen molar-refractivity contribution in [1.82, 2.24) is 5.32 Å². The number of amides is 1. The van der Waals surface area contributed by atoms with Crippen LogP contribution in [0.2, 0.25) is 0 Å². The summed E-state index contributed by atoms with van der Waals surface area (Å²) in [7, 11) is 0. The van der Waals surface area contributed by atoms with Crippen LogP contribution in [0, 0.1) is 28.6 Å². The van der Waals surface area contributed by atoms with Crippen LogP contribution in [0.4, 0.5) is 0 Å². The quantitative estimate of drug-likeness (QED) is 0.431. The van der Waals surface area contributed by atoms with Crippen LogP contribution in [-0.2, 0) is 23.9 Å². The molecule has 0 bridgehead atoms. The molecule has 7 atom stereocenters. The van der Waals surface area contributed by atoms with Gasteiger partial charge in [-0.15, -0.1) is 0 Å². The minimum atomic E-state index is -1.06. The Kier molecular flexibility index (Phi) is 8.22. The Morgan fingerprint density at radius 1 is 1.11 bits per heavy atom. The first-order valence-electron chi connectivity index (χ1n) is 13.5. The molecule has 4 aliphatic carbocycles. The molecule has 0 unspecified atom stereocenters. The van der Waals surface area contributed by atoms with E-state index in [9.17, 15) is 24.3 Å². The predicted octanol–water partition coefficient (Wildman–Crippen LogP) is 4.53. The first-order chi connectivity index (χ1) is 17.1. The zero-order chi connectivity index (χ0) is 26.1. The van der Waals surface area contributed by atoms with Gasteiger partial charge in [0.05, 0.1) is 6.42 Å². The number of thioether (sulfide) groups is 1. The maximum Gasteiger partial charge on any atom is 0.326 e. The van der Waals surface area contributed by atoms with Crippen molar-refractivity contribution in [3.8, 4) is 0 Å². The number of carbonyl (C=O) groups is 4. The number of nitrogens with one attached hydrogen (secondary N) is 1. The van der Waals surface area contributed by atoms with Gasteiger partial charge in [0.1, 0.15) is 12.1 Å². The molecule has 0 aliphatic heterocycles. The smallest absolute Gasteiger partial charge is 0.326 e. The summed E-state index contributed by atoms with van der Waals surface area (Å²) in [5.41, 5.74) is 1.44. The van der Waals surface area contributed by atoms with Crippen molar-refractivity contribution >= 4 is 35.4 Å². The normalized spacial score (nSPS) is 36.1. The molecule has 0 heterocycles. The van der Waals surface area contributed by atoms with Crippen molar-refractivity contribution in [2.24, 2.45) is 28.6 Å². The highest BCUT2D eigenvalue weighted by Crippen LogP contribution is 2.65. The maximum absolute atomic E-state index is 12.7. The monoisotopic (exact) mass is 519 g/mol. The van der Waals surface area contributed by atoms with Gasteiger partial charge in [-0.05, 0) is 92.6 Å². The van der Waals surface area contributed by atoms with E-state index in [1.807, 2.05) is 12.3 Å². The van der Waals surface area contributed by atoms with Gasteiger partial charge in [-0.2, -0.15) is 11.8 Å². The van der Waals surface area contributed by atoms with Gasteiger partial charge in [0, 0.05) is 18.3 Å². The Labute approximate surface area is 218 Å². The lowest BCUT2D eigenvalue weighted by molar-refractivity contribution is -0.160. The molecule has 4 rings (SSSR count). The number of hydrogen-bond donors (Lipinski definition) is 2. The van der Waals surface area contributed by atoms with Crippen LogP contribution in [0.15, 0.2) is 11.6 Å². The van der Waals surface area contributed by atoms with Crippen LogP contribution in [0.1, 0.15) is 84.5 Å². The molecular weight excluding hydrogens is 478 g/mol. The number of ketones is 1. The van der Waals surface area contributed by atoms with E-state index in [4.69, 9.17) is 4.74 Å². The first kappa shape index (κ1) is 27.2. The van der Waals surface area contributed by atoms with E-state index >= 15 is 0 Å². The topological polar surface area (TPSA) is 110 Å². The Balaban J connectivity index is 1.32. The van der Waals surface area contributed by atoms with E-state index < -0.39 is 17.9 Å². The SMILES string of the molecule is CSCC[C@@H](NC(=O)CCC(=O)O[C@@H]1CC[C@H]2[C@@H]3CCC4=CC(=O)CC[C@]4(C)[C@H]3CC[C@]12C)C(=O)O. The van der Waals surface area contributed by atoms with Gasteiger partial charge in [0.25, 0.3) is 0 Å². The highest BCUT2D eigenvalue weighted by atomic mass is 32.2. The van der Waals surface area contributed by atoms with Gasteiger partial charge in [-0.25, -0.2) is 4.79 Å². The second kappa shape index (κ2) is 10.9. The van der Waals surface area contributed by atoms with Crippen molar-refractivity contribution in [1.29, 1.82) is 0 Å². The Morgan fingerprint density at radius 3 is 2.61 bits per heavy atom. The van der Waals surface area contributed by atoms with Crippen molar-refractivity contribution in [2.75, 3.05) is 12.0 Å². The molecule has 4 aliphatic rings.